The van der Waals surface area contributed by atoms with Crippen molar-refractivity contribution >= 4 is 0 Å². The summed E-state index contributed by atoms with van der Waals surface area (Å²) in [5.74, 6) is 0. The van der Waals surface area contributed by atoms with Crippen LogP contribution in [0.3, 0.4) is 0 Å². The summed E-state index contributed by atoms with van der Waals surface area (Å²) in [6.45, 7) is 1.61. The molecule has 5 nitrogen and oxygen atoms in total. The van der Waals surface area contributed by atoms with E-state index in [1.54, 1.807) is 0 Å². The molecule has 2 fully saturated rings. The number of nitrogens with two attached hydrogens (primary N) is 2. The maximum Gasteiger partial charge on any atom is 0.0697 e. The van der Waals surface area contributed by atoms with E-state index < -0.39 is 0 Å². The largest absolute Gasteiger partial charge is 0.393 e. The molecule has 0 amide bonds. The predicted octanol–water partition coefficient (Wildman–Crippen LogP) is 0.303. The molecule has 19 heavy (non-hydrogen) atoms. The minimum absolute atomic E-state index is 0.186. The first-order chi connectivity index (χ1) is 9.02. The summed E-state index contributed by atoms with van der Waals surface area (Å²) in [6, 6.07) is 0.653. The molecule has 1 heterocycles. The Morgan fingerprint density at radius 2 is 1.95 bits per heavy atom. The first kappa shape index (κ1) is 16.9. The molecule has 1 aliphatic carbocycles. The highest BCUT2D eigenvalue weighted by Crippen LogP contribution is 2.20. The number of hydrogen-bond donors (Lipinski definition) is 3. The van der Waals surface area contributed by atoms with E-state index in [2.05, 4.69) is 4.90 Å². The van der Waals surface area contributed by atoms with Crippen LogP contribution >= 0.6 is 0 Å². The third kappa shape index (κ3) is 6.68. The normalized spacial score (nSPS) is 35.7. The van der Waals surface area contributed by atoms with Crippen LogP contribution in [0.1, 0.15) is 38.5 Å². The lowest BCUT2D eigenvalue weighted by Gasteiger charge is -2.34. The number of rotatable bonds is 2. The van der Waals surface area contributed by atoms with Crippen LogP contribution in [-0.4, -0.2) is 61.5 Å². The van der Waals surface area contributed by atoms with Crippen LogP contribution in [0.15, 0.2) is 0 Å². The van der Waals surface area contributed by atoms with Gasteiger partial charge < -0.3 is 26.2 Å². The summed E-state index contributed by atoms with van der Waals surface area (Å²) in [6.07, 6.45) is 6.51. The van der Waals surface area contributed by atoms with Crippen LogP contribution in [0.2, 0.25) is 0 Å². The summed E-state index contributed by atoms with van der Waals surface area (Å²) < 4.78 is 5.30. The van der Waals surface area contributed by atoms with Crippen molar-refractivity contribution in [1.29, 1.82) is 0 Å². The molecule has 0 aromatic heterocycles. The van der Waals surface area contributed by atoms with E-state index in [1.807, 2.05) is 14.1 Å². The molecule has 4 atom stereocenters. The van der Waals surface area contributed by atoms with Crippen molar-refractivity contribution in [3.05, 3.63) is 0 Å². The standard InChI is InChI=1S/C8H18N2O.C6H13NO/c1-10(2)7-3-6(9)4-8(11)5-7;7-5-6-3-1-2-4-8-6/h6-8,11H,3-5,9H2,1-2H3;6H,1-5,7H2. The monoisotopic (exact) mass is 273 g/mol. The average molecular weight is 273 g/mol. The molecule has 0 bridgehead atoms. The van der Waals surface area contributed by atoms with Crippen molar-refractivity contribution in [3.8, 4) is 0 Å². The van der Waals surface area contributed by atoms with Gasteiger partial charge in [0.25, 0.3) is 0 Å². The van der Waals surface area contributed by atoms with Gasteiger partial charge in [-0.25, -0.2) is 0 Å². The topological polar surface area (TPSA) is 84.7 Å². The van der Waals surface area contributed by atoms with Gasteiger partial charge in [-0.2, -0.15) is 0 Å². The first-order valence-corrected chi connectivity index (χ1v) is 7.44. The highest BCUT2D eigenvalue weighted by molar-refractivity contribution is 4.84. The van der Waals surface area contributed by atoms with Crippen LogP contribution in [0, 0.1) is 0 Å². The average Bonchev–Trinajstić information content (AvgIpc) is 2.39. The van der Waals surface area contributed by atoms with Crippen LogP contribution < -0.4 is 11.5 Å². The molecule has 2 aliphatic rings. The lowest BCUT2D eigenvalue weighted by Crippen LogP contribution is -2.43. The van der Waals surface area contributed by atoms with Crippen LogP contribution in [0.25, 0.3) is 0 Å². The van der Waals surface area contributed by atoms with Crippen molar-refractivity contribution in [2.75, 3.05) is 27.2 Å². The highest BCUT2D eigenvalue weighted by Gasteiger charge is 2.26. The second-order valence-corrected chi connectivity index (χ2v) is 5.96. The fraction of sp³-hybridized carbons (Fsp3) is 1.00. The summed E-state index contributed by atoms with van der Waals surface area (Å²) in [5, 5.41) is 9.39. The third-order valence-corrected chi connectivity index (χ3v) is 3.96. The molecule has 114 valence electrons. The van der Waals surface area contributed by atoms with Gasteiger partial charge in [-0.3, -0.25) is 0 Å². The summed E-state index contributed by atoms with van der Waals surface area (Å²) in [4.78, 5) is 2.14. The Labute approximate surface area is 117 Å². The van der Waals surface area contributed by atoms with E-state index in [9.17, 15) is 5.11 Å². The second-order valence-electron chi connectivity index (χ2n) is 5.96. The Balaban J connectivity index is 0.000000200. The van der Waals surface area contributed by atoms with E-state index in [4.69, 9.17) is 16.2 Å². The van der Waals surface area contributed by atoms with E-state index in [0.29, 0.717) is 18.7 Å². The Kier molecular flexibility index (Phi) is 7.87. The van der Waals surface area contributed by atoms with Crippen LogP contribution in [0.4, 0.5) is 0 Å². The van der Waals surface area contributed by atoms with E-state index >= 15 is 0 Å². The molecular formula is C14H31N3O2. The maximum atomic E-state index is 9.39. The highest BCUT2D eigenvalue weighted by atomic mass is 16.5. The molecule has 0 spiro atoms. The summed E-state index contributed by atoms with van der Waals surface area (Å²) in [5.41, 5.74) is 11.1. The smallest absolute Gasteiger partial charge is 0.0697 e. The zero-order chi connectivity index (χ0) is 14.3. The summed E-state index contributed by atoms with van der Waals surface area (Å²) in [7, 11) is 4.07. The van der Waals surface area contributed by atoms with E-state index in [0.717, 1.165) is 32.3 Å². The quantitative estimate of drug-likeness (QED) is 0.674. The Bertz CT molecular complexity index is 223. The Morgan fingerprint density at radius 3 is 2.37 bits per heavy atom. The number of hydrogen-bond acceptors (Lipinski definition) is 5. The Morgan fingerprint density at radius 1 is 1.21 bits per heavy atom. The number of nitrogens with zero attached hydrogens (tertiary/aromatic N) is 1. The van der Waals surface area contributed by atoms with Crippen molar-refractivity contribution in [1.82, 2.24) is 4.90 Å². The molecule has 2 rings (SSSR count). The van der Waals surface area contributed by atoms with Crippen molar-refractivity contribution in [2.45, 2.75) is 62.8 Å². The molecular weight excluding hydrogens is 242 g/mol. The van der Waals surface area contributed by atoms with Gasteiger partial charge in [0.05, 0.1) is 12.2 Å². The zero-order valence-electron chi connectivity index (χ0n) is 12.4. The predicted molar refractivity (Wildman–Crippen MR) is 78.0 cm³/mol. The molecule has 0 aromatic rings. The molecule has 0 aromatic carbocycles. The molecule has 4 unspecified atom stereocenters. The first-order valence-electron chi connectivity index (χ1n) is 7.44. The van der Waals surface area contributed by atoms with Crippen LogP contribution in [-0.2, 0) is 4.74 Å². The molecule has 5 N–H and O–H groups in total. The van der Waals surface area contributed by atoms with Gasteiger partial charge in [-0.15, -0.1) is 0 Å². The number of aliphatic hydroxyl groups excluding tert-OH is 1. The van der Waals surface area contributed by atoms with Crippen LogP contribution in [0.5, 0.6) is 0 Å². The molecule has 0 radical (unpaired) electrons. The van der Waals surface area contributed by atoms with Gasteiger partial charge in [0.1, 0.15) is 0 Å². The van der Waals surface area contributed by atoms with Gasteiger partial charge in [-0.05, 0) is 52.6 Å². The molecule has 1 aliphatic heterocycles. The van der Waals surface area contributed by atoms with Crippen molar-refractivity contribution in [2.24, 2.45) is 11.5 Å². The van der Waals surface area contributed by atoms with E-state index in [-0.39, 0.29) is 12.1 Å². The van der Waals surface area contributed by atoms with Gasteiger partial charge in [-0.1, -0.05) is 0 Å². The van der Waals surface area contributed by atoms with E-state index in [1.165, 1.54) is 12.8 Å². The fourth-order valence-corrected chi connectivity index (χ4v) is 2.72. The molecule has 1 saturated heterocycles. The zero-order valence-corrected chi connectivity index (χ0v) is 12.4. The minimum Gasteiger partial charge on any atom is -0.393 e. The van der Waals surface area contributed by atoms with Crippen molar-refractivity contribution in [3.63, 3.8) is 0 Å². The van der Waals surface area contributed by atoms with Crippen molar-refractivity contribution < 1.29 is 9.84 Å². The fourth-order valence-electron chi connectivity index (χ4n) is 2.72. The van der Waals surface area contributed by atoms with Gasteiger partial charge in [0.15, 0.2) is 0 Å². The van der Waals surface area contributed by atoms with Gasteiger partial charge in [0.2, 0.25) is 0 Å². The number of aliphatic hydroxyl groups is 1. The maximum absolute atomic E-state index is 9.39. The third-order valence-electron chi connectivity index (χ3n) is 3.96. The molecule has 5 heteroatoms. The van der Waals surface area contributed by atoms with Gasteiger partial charge >= 0.3 is 0 Å². The lowest BCUT2D eigenvalue weighted by molar-refractivity contribution is 0.0222. The SMILES string of the molecule is CN(C)C1CC(N)CC(O)C1.NCC1CCCCO1. The molecule has 1 saturated carbocycles. The summed E-state index contributed by atoms with van der Waals surface area (Å²) >= 11 is 0. The minimum atomic E-state index is -0.189. The van der Waals surface area contributed by atoms with Gasteiger partial charge in [0, 0.05) is 25.2 Å². The number of ether oxygens (including phenoxy) is 1. The Hall–Kier alpha value is -0.200. The second kappa shape index (κ2) is 8.87. The lowest BCUT2D eigenvalue weighted by atomic mass is 9.89.